The van der Waals surface area contributed by atoms with E-state index in [9.17, 15) is 0 Å². The lowest BCUT2D eigenvalue weighted by Gasteiger charge is -2.14. The van der Waals surface area contributed by atoms with E-state index >= 15 is 0 Å². The molecule has 1 rings (SSSR count). The van der Waals surface area contributed by atoms with Gasteiger partial charge in [-0.3, -0.25) is 0 Å². The van der Waals surface area contributed by atoms with Crippen molar-refractivity contribution >= 4 is 15.9 Å². The van der Waals surface area contributed by atoms with Gasteiger partial charge in [0.25, 0.3) is 0 Å². The second kappa shape index (κ2) is 5.66. The van der Waals surface area contributed by atoms with Crippen LogP contribution in [0.25, 0.3) is 0 Å². The van der Waals surface area contributed by atoms with Gasteiger partial charge in [0.2, 0.25) is 5.75 Å². The van der Waals surface area contributed by atoms with Gasteiger partial charge in [-0.1, -0.05) is 12.7 Å². The Morgan fingerprint density at radius 1 is 1.40 bits per heavy atom. The summed E-state index contributed by atoms with van der Waals surface area (Å²) in [6, 6.07) is 4.63. The first kappa shape index (κ1) is 11.9. The molecule has 1 aromatic rings. The van der Waals surface area contributed by atoms with Crippen molar-refractivity contribution in [3.63, 3.8) is 0 Å². The maximum absolute atomic E-state index is 5.46. The molecular weight excluding hydrogens is 260 g/mol. The van der Waals surface area contributed by atoms with Crippen LogP contribution in [0.5, 0.6) is 17.2 Å². The van der Waals surface area contributed by atoms with Gasteiger partial charge in [-0.15, -0.1) is 0 Å². The Morgan fingerprint density at radius 2 is 2.13 bits per heavy atom. The molecule has 0 bridgehead atoms. The van der Waals surface area contributed by atoms with E-state index < -0.39 is 0 Å². The summed E-state index contributed by atoms with van der Waals surface area (Å²) in [6.45, 7) is 3.98. The third-order valence-corrected chi connectivity index (χ3v) is 2.32. The molecule has 0 aliphatic rings. The van der Waals surface area contributed by atoms with Crippen LogP contribution >= 0.6 is 15.9 Å². The van der Waals surface area contributed by atoms with E-state index in [4.69, 9.17) is 14.2 Å². The lowest BCUT2D eigenvalue weighted by atomic mass is 10.3. The van der Waals surface area contributed by atoms with E-state index in [-0.39, 0.29) is 0 Å². The zero-order valence-corrected chi connectivity index (χ0v) is 10.3. The van der Waals surface area contributed by atoms with Gasteiger partial charge in [-0.2, -0.15) is 0 Å². The average molecular weight is 272 g/mol. The molecule has 0 saturated heterocycles. The molecule has 1 aromatic carbocycles. The second-order valence-electron chi connectivity index (χ2n) is 2.63. The minimum absolute atomic E-state index is 0.392. The van der Waals surface area contributed by atoms with Crippen LogP contribution in [0.2, 0.25) is 0 Å². The van der Waals surface area contributed by atoms with Gasteiger partial charge in [0, 0.05) is 6.07 Å². The summed E-state index contributed by atoms with van der Waals surface area (Å²) in [5, 5.41) is 0. The van der Waals surface area contributed by atoms with E-state index in [2.05, 4.69) is 28.6 Å². The van der Waals surface area contributed by atoms with Crippen molar-refractivity contribution in [2.75, 3.05) is 20.8 Å². The Bertz CT molecular complexity index is 350. The van der Waals surface area contributed by atoms with Crippen molar-refractivity contribution < 1.29 is 14.2 Å². The number of halogens is 1. The van der Waals surface area contributed by atoms with Crippen LogP contribution in [0.1, 0.15) is 0 Å². The summed E-state index contributed by atoms with van der Waals surface area (Å²) in [7, 11) is 3.13. The molecule has 81 valence electrons. The van der Waals surface area contributed by atoms with E-state index in [0.717, 1.165) is 0 Å². The normalized spacial score (nSPS) is 9.53. The lowest BCUT2D eigenvalue weighted by molar-refractivity contribution is 0.300. The molecule has 15 heavy (non-hydrogen) atoms. The van der Waals surface area contributed by atoms with Crippen LogP contribution in [-0.2, 0) is 0 Å². The second-order valence-corrected chi connectivity index (χ2v) is 3.43. The van der Waals surface area contributed by atoms with Gasteiger partial charge in [-0.05, 0) is 22.0 Å². The van der Waals surface area contributed by atoms with Crippen LogP contribution in [0, 0.1) is 6.07 Å². The first-order valence-electron chi connectivity index (χ1n) is 4.30. The fourth-order valence-corrected chi connectivity index (χ4v) is 1.54. The molecule has 0 amide bonds. The standard InChI is InChI=1S/C11H12BrO3/c1-4-7-15-11-9(13-2)6-5-8(12)10(11)14-3/h4,6H,1,7H2,2-3H3. The Balaban J connectivity index is 3.14. The zero-order chi connectivity index (χ0) is 11.3. The van der Waals surface area contributed by atoms with Gasteiger partial charge in [0.15, 0.2) is 11.5 Å². The van der Waals surface area contributed by atoms with E-state index in [1.54, 1.807) is 26.4 Å². The van der Waals surface area contributed by atoms with Crippen LogP contribution in [-0.4, -0.2) is 20.8 Å². The molecule has 0 saturated carbocycles. The van der Waals surface area contributed by atoms with E-state index in [1.807, 2.05) is 0 Å². The highest BCUT2D eigenvalue weighted by Crippen LogP contribution is 2.42. The molecule has 4 heteroatoms. The minimum atomic E-state index is 0.392. The number of ether oxygens (including phenoxy) is 3. The Hall–Kier alpha value is -1.16. The molecule has 0 N–H and O–H groups in total. The first-order valence-corrected chi connectivity index (χ1v) is 5.09. The third kappa shape index (κ3) is 2.65. The van der Waals surface area contributed by atoms with Gasteiger partial charge >= 0.3 is 0 Å². The fraction of sp³-hybridized carbons (Fsp3) is 0.273. The van der Waals surface area contributed by atoms with Crippen molar-refractivity contribution in [3.05, 3.63) is 29.3 Å². The zero-order valence-electron chi connectivity index (χ0n) is 8.67. The van der Waals surface area contributed by atoms with Gasteiger partial charge in [0.05, 0.1) is 18.7 Å². The smallest absolute Gasteiger partial charge is 0.205 e. The van der Waals surface area contributed by atoms with Crippen LogP contribution in [0.15, 0.2) is 23.2 Å². The Kier molecular flexibility index (Phi) is 4.49. The van der Waals surface area contributed by atoms with E-state index in [0.29, 0.717) is 28.3 Å². The highest BCUT2D eigenvalue weighted by molar-refractivity contribution is 9.10. The molecular formula is C11H12BrO3. The Morgan fingerprint density at radius 3 is 2.67 bits per heavy atom. The fourth-order valence-electron chi connectivity index (χ4n) is 1.08. The maximum Gasteiger partial charge on any atom is 0.205 e. The van der Waals surface area contributed by atoms with Crippen molar-refractivity contribution in [3.8, 4) is 17.2 Å². The largest absolute Gasteiger partial charge is 0.493 e. The molecule has 0 fully saturated rings. The molecule has 0 atom stereocenters. The van der Waals surface area contributed by atoms with Crippen molar-refractivity contribution in [2.45, 2.75) is 0 Å². The highest BCUT2D eigenvalue weighted by Gasteiger charge is 2.14. The number of benzene rings is 1. The van der Waals surface area contributed by atoms with Crippen LogP contribution in [0.3, 0.4) is 0 Å². The highest BCUT2D eigenvalue weighted by atomic mass is 79.9. The molecule has 3 nitrogen and oxygen atoms in total. The molecule has 0 heterocycles. The molecule has 0 aliphatic carbocycles. The van der Waals surface area contributed by atoms with Gasteiger partial charge < -0.3 is 14.2 Å². The predicted octanol–water partition coefficient (Wildman–Crippen LogP) is 2.83. The Labute approximate surface area is 97.8 Å². The summed E-state index contributed by atoms with van der Waals surface area (Å²) in [4.78, 5) is 0. The van der Waals surface area contributed by atoms with Crippen LogP contribution in [0.4, 0.5) is 0 Å². The molecule has 0 aromatic heterocycles. The third-order valence-electron chi connectivity index (χ3n) is 1.73. The molecule has 0 aliphatic heterocycles. The number of methoxy groups -OCH3 is 2. The molecule has 1 radical (unpaired) electrons. The minimum Gasteiger partial charge on any atom is -0.493 e. The SMILES string of the molecule is C=CCOc1c(OC)c[c]c(Br)c1OC. The topological polar surface area (TPSA) is 27.7 Å². The van der Waals surface area contributed by atoms with E-state index in [1.165, 1.54) is 0 Å². The summed E-state index contributed by atoms with van der Waals surface area (Å²) in [5.41, 5.74) is 0. The summed E-state index contributed by atoms with van der Waals surface area (Å²) >= 11 is 3.32. The number of rotatable bonds is 5. The van der Waals surface area contributed by atoms with Crippen LogP contribution < -0.4 is 14.2 Å². The monoisotopic (exact) mass is 271 g/mol. The predicted molar refractivity (Wildman–Crippen MR) is 61.8 cm³/mol. The lowest BCUT2D eigenvalue weighted by Crippen LogP contribution is -1.99. The number of hydrogen-bond donors (Lipinski definition) is 0. The number of hydrogen-bond acceptors (Lipinski definition) is 3. The maximum atomic E-state index is 5.46. The first-order chi connectivity index (χ1) is 7.24. The summed E-state index contributed by atoms with van der Waals surface area (Å²) in [6.07, 6.45) is 1.66. The van der Waals surface area contributed by atoms with Gasteiger partial charge in [-0.25, -0.2) is 0 Å². The van der Waals surface area contributed by atoms with Gasteiger partial charge in [0.1, 0.15) is 6.61 Å². The summed E-state index contributed by atoms with van der Waals surface area (Å²) < 4.78 is 16.5. The molecule has 0 spiro atoms. The summed E-state index contributed by atoms with van der Waals surface area (Å²) in [5.74, 6) is 1.69. The van der Waals surface area contributed by atoms with Crippen molar-refractivity contribution in [1.82, 2.24) is 0 Å². The molecule has 0 unspecified atom stereocenters. The van der Waals surface area contributed by atoms with Crippen molar-refractivity contribution in [2.24, 2.45) is 0 Å². The average Bonchev–Trinajstić information content (AvgIpc) is 2.26. The van der Waals surface area contributed by atoms with Crippen molar-refractivity contribution in [1.29, 1.82) is 0 Å². The quantitative estimate of drug-likeness (QED) is 0.771.